The summed E-state index contributed by atoms with van der Waals surface area (Å²) < 4.78 is 8.07. The molecule has 1 aliphatic rings. The third-order valence-electron chi connectivity index (χ3n) is 5.02. The molecule has 2 aromatic carbocycles. The summed E-state index contributed by atoms with van der Waals surface area (Å²) in [7, 11) is 0. The van der Waals surface area contributed by atoms with Gasteiger partial charge in [0.05, 0.1) is 11.9 Å². The van der Waals surface area contributed by atoms with E-state index in [1.807, 2.05) is 78.2 Å². The Hall–Kier alpha value is -3.08. The highest BCUT2D eigenvalue weighted by molar-refractivity contribution is 5.97. The van der Waals surface area contributed by atoms with E-state index in [-0.39, 0.29) is 5.91 Å². The topological polar surface area (TPSA) is 47.4 Å². The van der Waals surface area contributed by atoms with Gasteiger partial charge in [0.25, 0.3) is 5.91 Å². The number of benzene rings is 2. The number of carbonyl (C=O) groups is 1. The molecular formula is C22H23N3O2. The molecule has 1 fully saturated rings. The van der Waals surface area contributed by atoms with Gasteiger partial charge in [-0.25, -0.2) is 4.98 Å². The van der Waals surface area contributed by atoms with Crippen LogP contribution < -0.4 is 4.74 Å². The Morgan fingerprint density at radius 3 is 2.52 bits per heavy atom. The number of para-hydroxylation sites is 2. The van der Waals surface area contributed by atoms with Gasteiger partial charge in [0.2, 0.25) is 0 Å². The molecule has 5 heteroatoms. The zero-order chi connectivity index (χ0) is 18.5. The highest BCUT2D eigenvalue weighted by atomic mass is 16.5. The molecule has 138 valence electrons. The Kier molecular flexibility index (Phi) is 5.19. The fourth-order valence-corrected chi connectivity index (χ4v) is 3.53. The fraction of sp³-hybridized carbons (Fsp3) is 0.273. The largest absolute Gasteiger partial charge is 0.457 e. The van der Waals surface area contributed by atoms with E-state index in [1.54, 1.807) is 0 Å². The molecule has 27 heavy (non-hydrogen) atoms. The van der Waals surface area contributed by atoms with Crippen molar-refractivity contribution in [3.63, 3.8) is 0 Å². The molecule has 0 N–H and O–H groups in total. The Balaban J connectivity index is 1.41. The summed E-state index contributed by atoms with van der Waals surface area (Å²) >= 11 is 0. The van der Waals surface area contributed by atoms with Crippen LogP contribution in [0.25, 0.3) is 0 Å². The van der Waals surface area contributed by atoms with Crippen molar-refractivity contribution in [1.29, 1.82) is 0 Å². The highest BCUT2D eigenvalue weighted by Gasteiger charge is 2.25. The number of likely N-dealkylation sites (tertiary alicyclic amines) is 1. The molecule has 0 atom stereocenters. The Morgan fingerprint density at radius 1 is 1.04 bits per heavy atom. The average molecular weight is 361 g/mol. The summed E-state index contributed by atoms with van der Waals surface area (Å²) in [5.74, 6) is 1.97. The van der Waals surface area contributed by atoms with Crippen molar-refractivity contribution in [2.75, 3.05) is 13.1 Å². The van der Waals surface area contributed by atoms with E-state index in [4.69, 9.17) is 4.74 Å². The quantitative estimate of drug-likeness (QED) is 0.683. The number of amides is 1. The van der Waals surface area contributed by atoms with Crippen LogP contribution in [0.1, 0.15) is 23.2 Å². The summed E-state index contributed by atoms with van der Waals surface area (Å²) in [6.07, 6.45) is 7.67. The molecule has 1 saturated heterocycles. The smallest absolute Gasteiger partial charge is 0.257 e. The molecule has 1 aliphatic heterocycles. The van der Waals surface area contributed by atoms with Crippen molar-refractivity contribution in [2.45, 2.75) is 19.4 Å². The van der Waals surface area contributed by atoms with Gasteiger partial charge < -0.3 is 14.2 Å². The molecule has 3 aromatic rings. The highest BCUT2D eigenvalue weighted by Crippen LogP contribution is 2.28. The number of aromatic nitrogens is 2. The first kappa shape index (κ1) is 17.3. The minimum absolute atomic E-state index is 0.0441. The van der Waals surface area contributed by atoms with Crippen LogP contribution >= 0.6 is 0 Å². The van der Waals surface area contributed by atoms with E-state index in [0.717, 1.165) is 38.2 Å². The van der Waals surface area contributed by atoms with Gasteiger partial charge in [-0.2, -0.15) is 0 Å². The van der Waals surface area contributed by atoms with Gasteiger partial charge in [-0.15, -0.1) is 0 Å². The second-order valence-corrected chi connectivity index (χ2v) is 6.91. The van der Waals surface area contributed by atoms with Crippen LogP contribution in [0, 0.1) is 5.92 Å². The molecule has 0 saturated carbocycles. The standard InChI is InChI=1S/C22H23N3O2/c26-22(25-13-10-18(11-14-25)16-24-15-12-23-17-24)20-8-4-5-9-21(20)27-19-6-2-1-3-7-19/h1-9,12,15,17-18H,10-11,13-14,16H2. The maximum absolute atomic E-state index is 13.1. The first-order chi connectivity index (χ1) is 13.3. The van der Waals surface area contributed by atoms with Crippen LogP contribution in [0.5, 0.6) is 11.5 Å². The normalized spacial score (nSPS) is 14.9. The van der Waals surface area contributed by atoms with Gasteiger partial charge in [-0.1, -0.05) is 30.3 Å². The van der Waals surface area contributed by atoms with E-state index in [9.17, 15) is 4.79 Å². The maximum atomic E-state index is 13.1. The first-order valence-corrected chi connectivity index (χ1v) is 9.36. The first-order valence-electron chi connectivity index (χ1n) is 9.36. The molecule has 1 aromatic heterocycles. The molecule has 0 radical (unpaired) electrons. The lowest BCUT2D eigenvalue weighted by atomic mass is 9.96. The number of nitrogens with zero attached hydrogens (tertiary/aromatic N) is 3. The number of imidazole rings is 1. The lowest BCUT2D eigenvalue weighted by Gasteiger charge is -2.32. The van der Waals surface area contributed by atoms with Gasteiger partial charge >= 0.3 is 0 Å². The van der Waals surface area contributed by atoms with Gasteiger partial charge in [0, 0.05) is 32.0 Å². The van der Waals surface area contributed by atoms with Crippen LogP contribution in [0.2, 0.25) is 0 Å². The van der Waals surface area contributed by atoms with E-state index < -0.39 is 0 Å². The summed E-state index contributed by atoms with van der Waals surface area (Å²) in [6.45, 7) is 2.52. The fourth-order valence-electron chi connectivity index (χ4n) is 3.53. The number of hydrogen-bond donors (Lipinski definition) is 0. The van der Waals surface area contributed by atoms with Crippen LogP contribution in [-0.2, 0) is 6.54 Å². The SMILES string of the molecule is O=C(c1ccccc1Oc1ccccc1)N1CCC(Cn2ccnc2)CC1. The van der Waals surface area contributed by atoms with Gasteiger partial charge in [-0.05, 0) is 43.0 Å². The molecule has 0 unspecified atom stereocenters. The molecule has 5 nitrogen and oxygen atoms in total. The predicted molar refractivity (Wildman–Crippen MR) is 104 cm³/mol. The second-order valence-electron chi connectivity index (χ2n) is 6.91. The van der Waals surface area contributed by atoms with Crippen molar-refractivity contribution >= 4 is 5.91 Å². The lowest BCUT2D eigenvalue weighted by molar-refractivity contribution is 0.0680. The number of hydrogen-bond acceptors (Lipinski definition) is 3. The van der Waals surface area contributed by atoms with Gasteiger partial charge in [0.15, 0.2) is 0 Å². The third kappa shape index (κ3) is 4.19. The van der Waals surface area contributed by atoms with Crippen LogP contribution in [0.15, 0.2) is 73.3 Å². The summed E-state index contributed by atoms with van der Waals surface area (Å²) in [4.78, 5) is 19.1. The molecular weight excluding hydrogens is 338 g/mol. The van der Waals surface area contributed by atoms with E-state index in [1.165, 1.54) is 0 Å². The number of carbonyl (C=O) groups excluding carboxylic acids is 1. The third-order valence-corrected chi connectivity index (χ3v) is 5.02. The number of ether oxygens (including phenoxy) is 1. The minimum Gasteiger partial charge on any atom is -0.457 e. The van der Waals surface area contributed by atoms with Crippen molar-refractivity contribution in [3.8, 4) is 11.5 Å². The van der Waals surface area contributed by atoms with Crippen molar-refractivity contribution in [3.05, 3.63) is 78.9 Å². The molecule has 0 spiro atoms. The summed E-state index contributed by atoms with van der Waals surface area (Å²) in [5.41, 5.74) is 0.620. The van der Waals surface area contributed by atoms with Crippen molar-refractivity contribution < 1.29 is 9.53 Å². The molecule has 4 rings (SSSR count). The zero-order valence-corrected chi connectivity index (χ0v) is 15.2. The summed E-state index contributed by atoms with van der Waals surface area (Å²) in [6, 6.07) is 17.0. The van der Waals surface area contributed by atoms with Crippen LogP contribution in [0.3, 0.4) is 0 Å². The van der Waals surface area contributed by atoms with Crippen molar-refractivity contribution in [1.82, 2.24) is 14.5 Å². The number of piperidine rings is 1. The Labute approximate surface area is 159 Å². The van der Waals surface area contributed by atoms with E-state index >= 15 is 0 Å². The van der Waals surface area contributed by atoms with Crippen molar-refractivity contribution in [2.24, 2.45) is 5.92 Å². The maximum Gasteiger partial charge on any atom is 0.257 e. The number of rotatable bonds is 5. The van der Waals surface area contributed by atoms with E-state index in [2.05, 4.69) is 9.55 Å². The van der Waals surface area contributed by atoms with Gasteiger partial charge in [0.1, 0.15) is 11.5 Å². The molecule has 2 heterocycles. The molecule has 1 amide bonds. The molecule has 0 aliphatic carbocycles. The lowest BCUT2D eigenvalue weighted by Crippen LogP contribution is -2.39. The van der Waals surface area contributed by atoms with Crippen LogP contribution in [0.4, 0.5) is 0 Å². The summed E-state index contributed by atoms with van der Waals surface area (Å²) in [5, 5.41) is 0. The molecule has 0 bridgehead atoms. The Bertz CT molecular complexity index is 870. The second kappa shape index (κ2) is 8.08. The average Bonchev–Trinajstić information content (AvgIpc) is 3.22. The Morgan fingerprint density at radius 2 is 1.78 bits per heavy atom. The van der Waals surface area contributed by atoms with Crippen LogP contribution in [-0.4, -0.2) is 33.4 Å². The van der Waals surface area contributed by atoms with Gasteiger partial charge in [-0.3, -0.25) is 4.79 Å². The van der Waals surface area contributed by atoms with E-state index in [0.29, 0.717) is 17.2 Å². The monoisotopic (exact) mass is 361 g/mol. The zero-order valence-electron chi connectivity index (χ0n) is 15.2. The minimum atomic E-state index is 0.0441. The predicted octanol–water partition coefficient (Wildman–Crippen LogP) is 4.23.